The monoisotopic (exact) mass is 772 g/mol. The van der Waals surface area contributed by atoms with E-state index in [1.54, 1.807) is 0 Å². The molecular formula is C61H40. The van der Waals surface area contributed by atoms with Crippen LogP contribution in [-0.4, -0.2) is 0 Å². The lowest BCUT2D eigenvalue weighted by Crippen LogP contribution is -2.15. The molecule has 0 amide bonds. The van der Waals surface area contributed by atoms with E-state index in [2.05, 4.69) is 220 Å². The molecule has 61 heavy (non-hydrogen) atoms. The van der Waals surface area contributed by atoms with Gasteiger partial charge in [-0.3, -0.25) is 0 Å². The highest BCUT2D eigenvalue weighted by Gasteiger charge is 2.39. The van der Waals surface area contributed by atoms with E-state index in [1.807, 2.05) is 0 Å². The van der Waals surface area contributed by atoms with Gasteiger partial charge in [0.1, 0.15) is 0 Å². The van der Waals surface area contributed by atoms with Gasteiger partial charge in [0.15, 0.2) is 0 Å². The third-order valence-electron chi connectivity index (χ3n) is 14.0. The highest BCUT2D eigenvalue weighted by atomic mass is 14.4. The van der Waals surface area contributed by atoms with Gasteiger partial charge in [-0.15, -0.1) is 0 Å². The third kappa shape index (κ3) is 4.76. The van der Waals surface area contributed by atoms with Crippen molar-refractivity contribution in [3.63, 3.8) is 0 Å². The maximum atomic E-state index is 2.44. The van der Waals surface area contributed by atoms with E-state index < -0.39 is 0 Å². The molecule has 0 atom stereocenters. The molecule has 0 bridgehead atoms. The first kappa shape index (κ1) is 34.3. The molecule has 0 N–H and O–H groups in total. The van der Waals surface area contributed by atoms with Crippen LogP contribution in [0, 0.1) is 0 Å². The zero-order chi connectivity index (χ0) is 40.4. The van der Waals surface area contributed by atoms with Crippen LogP contribution < -0.4 is 0 Å². The quantitative estimate of drug-likeness (QED) is 0.124. The Bertz CT molecular complexity index is 3770. The van der Waals surface area contributed by atoms with Gasteiger partial charge in [-0.2, -0.15) is 0 Å². The van der Waals surface area contributed by atoms with Gasteiger partial charge in [0.05, 0.1) is 0 Å². The second-order valence-electron chi connectivity index (χ2n) is 17.5. The fourth-order valence-electron chi connectivity index (χ4n) is 11.4. The van der Waals surface area contributed by atoms with Crippen LogP contribution in [0.15, 0.2) is 206 Å². The fourth-order valence-corrected chi connectivity index (χ4v) is 11.4. The lowest BCUT2D eigenvalue weighted by molar-refractivity contribution is 0.666. The van der Waals surface area contributed by atoms with Crippen molar-refractivity contribution >= 4 is 75.4 Å². The Morgan fingerprint density at radius 2 is 0.754 bits per heavy atom. The summed E-state index contributed by atoms with van der Waals surface area (Å²) in [6.45, 7) is 4.82. The molecule has 284 valence electrons. The summed E-state index contributed by atoms with van der Waals surface area (Å²) in [6, 6.07) is 77.3. The van der Waals surface area contributed by atoms with Gasteiger partial charge >= 0.3 is 0 Å². The molecule has 0 radical (unpaired) electrons. The number of fused-ring (bicyclic) bond motifs is 15. The molecule has 12 aromatic carbocycles. The molecular weight excluding hydrogens is 733 g/mol. The first-order valence-corrected chi connectivity index (χ1v) is 21.5. The Morgan fingerprint density at radius 3 is 1.41 bits per heavy atom. The van der Waals surface area contributed by atoms with Gasteiger partial charge < -0.3 is 0 Å². The van der Waals surface area contributed by atoms with Crippen LogP contribution in [0.5, 0.6) is 0 Å². The van der Waals surface area contributed by atoms with E-state index in [0.29, 0.717) is 0 Å². The smallest absolute Gasteiger partial charge is 0.0165 e. The van der Waals surface area contributed by atoms with Crippen molar-refractivity contribution in [1.29, 1.82) is 0 Å². The molecule has 0 aromatic heterocycles. The maximum Gasteiger partial charge on any atom is 0.0165 e. The second-order valence-corrected chi connectivity index (χ2v) is 17.5. The molecule has 0 nitrogen and oxygen atoms in total. The Kier molecular flexibility index (Phi) is 7.17. The molecule has 1 aliphatic carbocycles. The molecule has 0 heteroatoms. The van der Waals surface area contributed by atoms with E-state index in [4.69, 9.17) is 0 Å². The summed E-state index contributed by atoms with van der Waals surface area (Å²) >= 11 is 0. The van der Waals surface area contributed by atoms with Crippen LogP contribution in [0.3, 0.4) is 0 Å². The van der Waals surface area contributed by atoms with E-state index in [0.717, 1.165) is 0 Å². The van der Waals surface area contributed by atoms with Gasteiger partial charge in [-0.05, 0) is 137 Å². The summed E-state index contributed by atoms with van der Waals surface area (Å²) in [5.74, 6) is 0. The molecule has 0 saturated heterocycles. The molecule has 13 rings (SSSR count). The average Bonchev–Trinajstić information content (AvgIpc) is 3.57. The zero-order valence-electron chi connectivity index (χ0n) is 34.1. The Labute approximate surface area is 355 Å². The average molecular weight is 773 g/mol. The lowest BCUT2D eigenvalue weighted by Gasteiger charge is -2.24. The van der Waals surface area contributed by atoms with Gasteiger partial charge in [0.2, 0.25) is 0 Å². The third-order valence-corrected chi connectivity index (χ3v) is 14.0. The predicted octanol–water partition coefficient (Wildman–Crippen LogP) is 17.1. The lowest BCUT2D eigenvalue weighted by atomic mass is 9.79. The summed E-state index contributed by atoms with van der Waals surface area (Å²) < 4.78 is 0. The number of hydrogen-bond donors (Lipinski definition) is 0. The minimum absolute atomic E-state index is 0.145. The van der Waals surface area contributed by atoms with Gasteiger partial charge in [-0.25, -0.2) is 0 Å². The van der Waals surface area contributed by atoms with Crippen LogP contribution in [0.4, 0.5) is 0 Å². The van der Waals surface area contributed by atoms with E-state index >= 15 is 0 Å². The summed E-state index contributed by atoms with van der Waals surface area (Å²) in [5, 5.41) is 18.1. The predicted molar refractivity (Wildman–Crippen MR) is 263 cm³/mol. The van der Waals surface area contributed by atoms with E-state index in [-0.39, 0.29) is 5.41 Å². The first-order valence-electron chi connectivity index (χ1n) is 21.5. The standard InChI is InChI=1S/C61H40/c1-61(2)54-29-15-28-42(58(54)59-47-22-9-5-18-43(47)44-19-7-14-27-52(44)60(59)61)38-30-33-39(34-31-38)55-48-23-10-12-25-50(48)57(51-26-13-11-24-49(51)55)53-36-40-35-32-37-16-3-4-17-41(37)56(40)46-21-8-6-20-45(46)53/h3-36H,1-2H3. The van der Waals surface area contributed by atoms with Crippen LogP contribution in [0.1, 0.15) is 25.0 Å². The Balaban J connectivity index is 1.03. The molecule has 1 aliphatic rings. The van der Waals surface area contributed by atoms with Gasteiger partial charge in [0, 0.05) is 5.41 Å². The first-order chi connectivity index (χ1) is 30.1. The van der Waals surface area contributed by atoms with Crippen molar-refractivity contribution in [2.75, 3.05) is 0 Å². The van der Waals surface area contributed by atoms with Crippen LogP contribution in [0.25, 0.3) is 120 Å². The molecule has 0 spiro atoms. The molecule has 0 saturated carbocycles. The van der Waals surface area contributed by atoms with Gasteiger partial charge in [-0.1, -0.05) is 214 Å². The van der Waals surface area contributed by atoms with Crippen molar-refractivity contribution in [1.82, 2.24) is 0 Å². The second kappa shape index (κ2) is 12.7. The zero-order valence-corrected chi connectivity index (χ0v) is 34.1. The van der Waals surface area contributed by atoms with Crippen molar-refractivity contribution in [2.24, 2.45) is 0 Å². The summed E-state index contributed by atoms with van der Waals surface area (Å²) in [7, 11) is 0. The van der Waals surface area contributed by atoms with E-state index in [1.165, 1.54) is 131 Å². The van der Waals surface area contributed by atoms with Gasteiger partial charge in [0.25, 0.3) is 0 Å². The summed E-state index contributed by atoms with van der Waals surface area (Å²) in [6.07, 6.45) is 0. The van der Waals surface area contributed by atoms with Crippen molar-refractivity contribution in [2.45, 2.75) is 19.3 Å². The maximum absolute atomic E-state index is 2.44. The molecule has 0 fully saturated rings. The molecule has 0 unspecified atom stereocenters. The largest absolute Gasteiger partial charge is 0.0616 e. The van der Waals surface area contributed by atoms with Crippen molar-refractivity contribution in [3.05, 3.63) is 217 Å². The normalized spacial score (nSPS) is 13.2. The van der Waals surface area contributed by atoms with Crippen molar-refractivity contribution < 1.29 is 0 Å². The topological polar surface area (TPSA) is 0 Å². The van der Waals surface area contributed by atoms with E-state index in [9.17, 15) is 0 Å². The fraction of sp³-hybridized carbons (Fsp3) is 0.0492. The highest BCUT2D eigenvalue weighted by Crippen LogP contribution is 2.57. The Morgan fingerprint density at radius 1 is 0.279 bits per heavy atom. The van der Waals surface area contributed by atoms with Crippen LogP contribution in [0.2, 0.25) is 0 Å². The minimum Gasteiger partial charge on any atom is -0.0616 e. The molecule has 12 aromatic rings. The van der Waals surface area contributed by atoms with Crippen molar-refractivity contribution in [3.8, 4) is 44.5 Å². The Hall–Kier alpha value is -7.54. The summed E-state index contributed by atoms with van der Waals surface area (Å²) in [5.41, 5.74) is 13.0. The molecule has 0 heterocycles. The van der Waals surface area contributed by atoms with Crippen LogP contribution in [-0.2, 0) is 5.41 Å². The van der Waals surface area contributed by atoms with Crippen LogP contribution >= 0.6 is 0 Å². The number of hydrogen-bond acceptors (Lipinski definition) is 0. The molecule has 0 aliphatic heterocycles. The SMILES string of the molecule is CC1(C)c2cccc(-c3ccc(-c4c5ccccc5c(-c5cc6ccc7ccccc7c6c6ccccc56)c5ccccc45)cc3)c2-c2c1c1ccccc1c1ccccc21. The highest BCUT2D eigenvalue weighted by molar-refractivity contribution is 6.28. The summed E-state index contributed by atoms with van der Waals surface area (Å²) in [4.78, 5) is 0. The minimum atomic E-state index is -0.145. The number of benzene rings is 12. The number of rotatable bonds is 3.